The normalized spacial score (nSPS) is 25.9. The Balaban J connectivity index is 1.41. The second-order valence-electron chi connectivity index (χ2n) is 11.0. The first-order valence-electron chi connectivity index (χ1n) is 13.7. The quantitative estimate of drug-likeness (QED) is 0.259. The molecule has 0 radical (unpaired) electrons. The molecule has 4 atom stereocenters. The van der Waals surface area contributed by atoms with E-state index >= 15 is 0 Å². The predicted octanol–water partition coefficient (Wildman–Crippen LogP) is 5.68. The van der Waals surface area contributed by atoms with Gasteiger partial charge >= 0.3 is 7.12 Å². The number of amides is 2. The summed E-state index contributed by atoms with van der Waals surface area (Å²) in [4.78, 5) is 29.7. The number of imide groups is 1. The van der Waals surface area contributed by atoms with Crippen LogP contribution in [0.5, 0.6) is 5.75 Å². The number of aromatic hydroxyl groups is 1. The van der Waals surface area contributed by atoms with E-state index in [-0.39, 0.29) is 41.4 Å². The molecule has 1 aromatic carbocycles. The molecular formula is C30H36BNO5S. The molecule has 2 fully saturated rings. The van der Waals surface area contributed by atoms with Gasteiger partial charge < -0.3 is 14.8 Å². The van der Waals surface area contributed by atoms with Crippen LogP contribution in [0.15, 0.2) is 58.5 Å². The number of thiophene rings is 1. The average molecular weight is 533 g/mol. The molecule has 0 saturated carbocycles. The Morgan fingerprint density at radius 2 is 1.95 bits per heavy atom. The summed E-state index contributed by atoms with van der Waals surface area (Å²) in [7, 11) is -0.957. The molecule has 2 aliphatic heterocycles. The van der Waals surface area contributed by atoms with Gasteiger partial charge in [-0.3, -0.25) is 14.5 Å². The van der Waals surface area contributed by atoms with Crippen LogP contribution in [0.25, 0.3) is 6.08 Å². The van der Waals surface area contributed by atoms with Crippen LogP contribution in [-0.4, -0.2) is 40.1 Å². The van der Waals surface area contributed by atoms with Crippen molar-refractivity contribution in [3.8, 4) is 5.75 Å². The highest BCUT2D eigenvalue weighted by atomic mass is 32.1. The monoisotopic (exact) mass is 533 g/mol. The number of carbonyl (C=O) groups is 2. The van der Waals surface area contributed by atoms with Crippen molar-refractivity contribution in [3.05, 3.63) is 68.9 Å². The standard InChI is InChI=1S/C30H36BNO5S/c1-4-19(14-20-7-10-21(33)11-8-20)9-12-26-27-23(18(2)3)15-24-28(25(27)16-31(36)37-26)30(35)32(29(24)34)17-22-6-5-13-38-22/h5-8,10-11,13-14,18,24-26,28,33,36H,4,9,12,15-17H2,1-3H3/b19-14+/t24-,25+,26-,28-/m1/s1. The van der Waals surface area contributed by atoms with Gasteiger partial charge in [0.2, 0.25) is 11.8 Å². The summed E-state index contributed by atoms with van der Waals surface area (Å²) < 4.78 is 6.15. The molecule has 3 aliphatic rings. The van der Waals surface area contributed by atoms with E-state index in [1.807, 2.05) is 29.6 Å². The van der Waals surface area contributed by atoms with E-state index < -0.39 is 13.0 Å². The highest BCUT2D eigenvalue weighted by Gasteiger charge is 2.57. The van der Waals surface area contributed by atoms with E-state index in [2.05, 4.69) is 26.8 Å². The molecule has 1 aliphatic carbocycles. The number of nitrogens with zero attached hydrogens (tertiary/aromatic N) is 1. The van der Waals surface area contributed by atoms with Crippen molar-refractivity contribution in [2.24, 2.45) is 23.7 Å². The van der Waals surface area contributed by atoms with Crippen LogP contribution >= 0.6 is 11.3 Å². The molecule has 200 valence electrons. The van der Waals surface area contributed by atoms with Gasteiger partial charge in [0.1, 0.15) is 5.75 Å². The molecule has 8 heteroatoms. The van der Waals surface area contributed by atoms with Crippen LogP contribution in [0.2, 0.25) is 6.32 Å². The van der Waals surface area contributed by atoms with Gasteiger partial charge in [-0.1, -0.05) is 56.2 Å². The lowest BCUT2D eigenvalue weighted by atomic mass is 9.57. The third kappa shape index (κ3) is 5.26. The van der Waals surface area contributed by atoms with Gasteiger partial charge in [0.25, 0.3) is 0 Å². The van der Waals surface area contributed by atoms with Crippen LogP contribution in [0.3, 0.4) is 0 Å². The third-order valence-corrected chi connectivity index (χ3v) is 9.23. The smallest absolute Gasteiger partial charge is 0.455 e. The van der Waals surface area contributed by atoms with Crippen molar-refractivity contribution in [3.63, 3.8) is 0 Å². The van der Waals surface area contributed by atoms with Crippen molar-refractivity contribution < 1.29 is 24.4 Å². The summed E-state index contributed by atoms with van der Waals surface area (Å²) in [5.74, 6) is -0.688. The summed E-state index contributed by atoms with van der Waals surface area (Å²) in [5, 5.41) is 22.3. The molecule has 2 aromatic rings. The first-order valence-corrected chi connectivity index (χ1v) is 14.6. The topological polar surface area (TPSA) is 87.1 Å². The molecule has 2 saturated heterocycles. The van der Waals surface area contributed by atoms with E-state index in [4.69, 9.17) is 4.65 Å². The fourth-order valence-electron chi connectivity index (χ4n) is 6.50. The lowest BCUT2D eigenvalue weighted by Gasteiger charge is -2.44. The zero-order chi connectivity index (χ0) is 27.0. The van der Waals surface area contributed by atoms with Crippen LogP contribution in [0, 0.1) is 23.7 Å². The molecule has 0 bridgehead atoms. The second kappa shape index (κ2) is 11.2. The maximum Gasteiger partial charge on any atom is 0.455 e. The Morgan fingerprint density at radius 1 is 1.18 bits per heavy atom. The minimum absolute atomic E-state index is 0.0757. The SMILES string of the molecule is CC/C(=C\c1ccc(O)cc1)CC[C@H]1OB(O)C[C@H]2C1=C(C(C)C)C[C@H]1C(=O)N(Cc3cccs3)C(=O)[C@H]12. The van der Waals surface area contributed by atoms with Gasteiger partial charge in [-0.05, 0) is 78.6 Å². The number of hydrogen-bond acceptors (Lipinski definition) is 6. The van der Waals surface area contributed by atoms with Gasteiger partial charge in [-0.25, -0.2) is 0 Å². The minimum Gasteiger partial charge on any atom is -0.508 e. The second-order valence-corrected chi connectivity index (χ2v) is 12.1. The molecule has 0 unspecified atom stereocenters. The molecule has 5 rings (SSSR count). The number of hydrogen-bond donors (Lipinski definition) is 2. The van der Waals surface area contributed by atoms with Crippen molar-refractivity contribution >= 4 is 36.3 Å². The van der Waals surface area contributed by atoms with Crippen molar-refractivity contribution in [2.45, 2.75) is 65.4 Å². The van der Waals surface area contributed by atoms with E-state index in [1.165, 1.54) is 16.0 Å². The summed E-state index contributed by atoms with van der Waals surface area (Å²) >= 11 is 1.55. The van der Waals surface area contributed by atoms with E-state index in [9.17, 15) is 19.7 Å². The number of phenolic OH excluding ortho intramolecular Hbond substituents is 1. The van der Waals surface area contributed by atoms with Crippen LogP contribution in [-0.2, 0) is 20.8 Å². The van der Waals surface area contributed by atoms with Gasteiger partial charge in [-0.15, -0.1) is 11.3 Å². The third-order valence-electron chi connectivity index (χ3n) is 8.37. The highest BCUT2D eigenvalue weighted by molar-refractivity contribution is 7.09. The lowest BCUT2D eigenvalue weighted by molar-refractivity contribution is -0.140. The fraction of sp³-hybridized carbons (Fsp3) is 0.467. The molecule has 0 spiro atoms. The van der Waals surface area contributed by atoms with E-state index in [1.54, 1.807) is 23.5 Å². The Hall–Kier alpha value is -2.68. The van der Waals surface area contributed by atoms with Crippen molar-refractivity contribution in [1.82, 2.24) is 4.90 Å². The van der Waals surface area contributed by atoms with Crippen LogP contribution < -0.4 is 0 Å². The number of carbonyl (C=O) groups excluding carboxylic acids is 2. The Kier molecular flexibility index (Phi) is 7.94. The Labute approximate surface area is 229 Å². The average Bonchev–Trinajstić information content (AvgIpc) is 3.49. The first-order chi connectivity index (χ1) is 18.3. The number of allylic oxidation sites excluding steroid dienone is 2. The Morgan fingerprint density at radius 3 is 2.61 bits per heavy atom. The maximum absolute atomic E-state index is 13.7. The van der Waals surface area contributed by atoms with Gasteiger partial charge in [0.05, 0.1) is 24.5 Å². The summed E-state index contributed by atoms with van der Waals surface area (Å²) in [6.07, 6.45) is 5.17. The molecule has 2 amide bonds. The number of fused-ring (bicyclic) bond motifs is 3. The summed E-state index contributed by atoms with van der Waals surface area (Å²) in [6.45, 7) is 6.75. The van der Waals surface area contributed by atoms with Crippen LogP contribution in [0.4, 0.5) is 0 Å². The summed E-state index contributed by atoms with van der Waals surface area (Å²) in [5.41, 5.74) is 4.65. The molecule has 38 heavy (non-hydrogen) atoms. The largest absolute Gasteiger partial charge is 0.508 e. The van der Waals surface area contributed by atoms with Crippen LogP contribution in [0.1, 0.15) is 56.9 Å². The lowest BCUT2D eigenvalue weighted by Crippen LogP contribution is -2.46. The number of likely N-dealkylation sites (tertiary alicyclic amines) is 1. The van der Waals surface area contributed by atoms with Gasteiger partial charge in [-0.2, -0.15) is 0 Å². The molecule has 3 heterocycles. The number of phenols is 1. The van der Waals surface area contributed by atoms with Crippen molar-refractivity contribution in [2.75, 3.05) is 0 Å². The zero-order valence-corrected chi connectivity index (χ0v) is 23.1. The van der Waals surface area contributed by atoms with E-state index in [0.29, 0.717) is 25.7 Å². The van der Waals surface area contributed by atoms with Crippen molar-refractivity contribution in [1.29, 1.82) is 0 Å². The maximum atomic E-state index is 13.7. The molecule has 2 N–H and O–H groups in total. The number of benzene rings is 1. The molecule has 6 nitrogen and oxygen atoms in total. The highest BCUT2D eigenvalue weighted by Crippen LogP contribution is 2.52. The summed E-state index contributed by atoms with van der Waals surface area (Å²) in [6, 6.07) is 11.1. The van der Waals surface area contributed by atoms with Gasteiger partial charge in [0.15, 0.2) is 0 Å². The molecular weight excluding hydrogens is 497 g/mol. The number of rotatable bonds is 8. The van der Waals surface area contributed by atoms with E-state index in [0.717, 1.165) is 28.9 Å². The van der Waals surface area contributed by atoms with Gasteiger partial charge in [0, 0.05) is 4.88 Å². The first kappa shape index (κ1) is 26.9. The zero-order valence-electron chi connectivity index (χ0n) is 22.3. The minimum atomic E-state index is -0.957. The predicted molar refractivity (Wildman–Crippen MR) is 150 cm³/mol. The fourth-order valence-corrected chi connectivity index (χ4v) is 7.20. The Bertz CT molecular complexity index is 1240. The molecule has 1 aromatic heterocycles.